The molecule has 2 rings (SSSR count). The Labute approximate surface area is 180 Å². The monoisotopic (exact) mass is 439 g/mol. The average Bonchev–Trinajstić information content (AvgIpc) is 3.07. The van der Waals surface area contributed by atoms with Gasteiger partial charge in [0.1, 0.15) is 6.29 Å². The van der Waals surface area contributed by atoms with Crippen LogP contribution in [-0.4, -0.2) is 39.2 Å². The van der Waals surface area contributed by atoms with E-state index in [4.69, 9.17) is 11.6 Å². The molecule has 0 aliphatic rings. The number of halogens is 1. The number of carbonyl (C=O) groups excluding carboxylic acids is 1. The summed E-state index contributed by atoms with van der Waals surface area (Å²) in [4.78, 5) is 11.1. The second-order valence-corrected chi connectivity index (χ2v) is 10.0. The molecule has 160 valence electrons. The average molecular weight is 440 g/mol. The molecule has 0 spiro atoms. The molecule has 0 bridgehead atoms. The van der Waals surface area contributed by atoms with E-state index in [9.17, 15) is 9.00 Å². The van der Waals surface area contributed by atoms with E-state index in [2.05, 4.69) is 21.1 Å². The third kappa shape index (κ3) is 7.85. The number of aryl methyl sites for hydroxylation is 1. The molecule has 0 aliphatic carbocycles. The summed E-state index contributed by atoms with van der Waals surface area (Å²) in [6, 6.07) is 5.18. The van der Waals surface area contributed by atoms with Crippen LogP contribution in [0, 0.1) is 0 Å². The first kappa shape index (κ1) is 25.2. The Bertz CT molecular complexity index is 859. The molecule has 0 aliphatic heterocycles. The van der Waals surface area contributed by atoms with Crippen molar-refractivity contribution in [3.63, 3.8) is 0 Å². The topological polar surface area (TPSA) is 73.2 Å². The van der Waals surface area contributed by atoms with Crippen molar-refractivity contribution in [2.75, 3.05) is 14.2 Å². The summed E-state index contributed by atoms with van der Waals surface area (Å²) in [5, 5.41) is 4.81. The van der Waals surface area contributed by atoms with Crippen LogP contribution in [0.4, 0.5) is 0 Å². The number of benzene rings is 1. The lowest BCUT2D eigenvalue weighted by molar-refractivity contribution is -0.105. The van der Waals surface area contributed by atoms with Crippen molar-refractivity contribution in [1.82, 2.24) is 14.5 Å². The zero-order valence-electron chi connectivity index (χ0n) is 17.9. The van der Waals surface area contributed by atoms with Gasteiger partial charge < -0.3 is 4.74 Å². The third-order valence-electron chi connectivity index (χ3n) is 3.85. The molecular formula is C21H30ClN3O3S. The number of hydrogen-bond donors (Lipinski definition) is 1. The first-order valence-electron chi connectivity index (χ1n) is 9.03. The minimum Gasteiger partial charge on any atom is -0.388 e. The first-order chi connectivity index (χ1) is 13.5. The van der Waals surface area contributed by atoms with Gasteiger partial charge in [0.2, 0.25) is 0 Å². The van der Waals surface area contributed by atoms with Crippen LogP contribution in [0.1, 0.15) is 38.8 Å². The fraction of sp³-hybridized carbons (Fsp3) is 0.429. The van der Waals surface area contributed by atoms with E-state index < -0.39 is 15.7 Å². The van der Waals surface area contributed by atoms with Crippen LogP contribution < -0.4 is 4.72 Å². The zero-order valence-corrected chi connectivity index (χ0v) is 19.4. The molecule has 2 aromatic rings. The second-order valence-electron chi connectivity index (χ2n) is 7.57. The van der Waals surface area contributed by atoms with Crippen LogP contribution in [0.25, 0.3) is 11.1 Å². The number of carbonyl (C=O) groups is 1. The molecule has 6 nitrogen and oxygen atoms in total. The third-order valence-corrected chi connectivity index (χ3v) is 5.69. The Balaban J connectivity index is 0.00000132. The largest absolute Gasteiger partial charge is 0.388 e. The lowest BCUT2D eigenvalue weighted by Gasteiger charge is -2.26. The highest BCUT2D eigenvalue weighted by molar-refractivity contribution is 7.84. The molecule has 29 heavy (non-hydrogen) atoms. The van der Waals surface area contributed by atoms with Crippen molar-refractivity contribution in [3.05, 3.63) is 53.3 Å². The number of nitrogens with zero attached hydrogens (tertiary/aromatic N) is 2. The van der Waals surface area contributed by atoms with E-state index in [1.807, 2.05) is 46.1 Å². The zero-order chi connectivity index (χ0) is 22.2. The summed E-state index contributed by atoms with van der Waals surface area (Å²) in [6.45, 7) is 9.47. The van der Waals surface area contributed by atoms with E-state index >= 15 is 0 Å². The van der Waals surface area contributed by atoms with Gasteiger partial charge in [-0.1, -0.05) is 24.2 Å². The van der Waals surface area contributed by atoms with Crippen LogP contribution in [0.15, 0.2) is 42.7 Å². The van der Waals surface area contributed by atoms with E-state index in [1.54, 1.807) is 31.2 Å². The maximum Gasteiger partial charge on any atom is 0.145 e. The van der Waals surface area contributed by atoms with E-state index in [-0.39, 0.29) is 6.04 Å². The SMILES string of the molecule is C=C(C=O)CC(NS(=O)C(C)(C)C)c1ccc(Cl)cc1-c1cnn(C)c1.COC. The Morgan fingerprint density at radius 1 is 1.41 bits per heavy atom. The summed E-state index contributed by atoms with van der Waals surface area (Å²) >= 11 is 6.21. The standard InChI is InChI=1S/C19H24ClN3O2S.C2H6O/c1-13(12-24)8-18(22-26(25)19(2,3)4)16-7-6-15(20)9-17(16)14-10-21-23(5)11-14;1-3-2/h6-7,9-12,18,22H,1,8H2,2-5H3;1-2H3. The molecule has 2 unspecified atom stereocenters. The Kier molecular flexibility index (Phi) is 9.92. The van der Waals surface area contributed by atoms with Gasteiger partial charge in [-0.25, -0.2) is 8.93 Å². The lowest BCUT2D eigenvalue weighted by Crippen LogP contribution is -2.36. The first-order valence-corrected chi connectivity index (χ1v) is 10.6. The molecule has 0 amide bonds. The number of aldehydes is 1. The highest BCUT2D eigenvalue weighted by Gasteiger charge is 2.26. The summed E-state index contributed by atoms with van der Waals surface area (Å²) in [5.74, 6) is 0. The molecule has 1 aromatic heterocycles. The predicted octanol–water partition coefficient (Wildman–Crippen LogP) is 4.24. The van der Waals surface area contributed by atoms with Crippen LogP contribution in [-0.2, 0) is 27.6 Å². The fourth-order valence-electron chi connectivity index (χ4n) is 2.47. The lowest BCUT2D eigenvalue weighted by atomic mass is 9.93. The number of nitrogens with one attached hydrogen (secondary N) is 1. The minimum atomic E-state index is -1.31. The van der Waals surface area contributed by atoms with E-state index in [0.29, 0.717) is 17.0 Å². The van der Waals surface area contributed by atoms with Gasteiger partial charge in [0.15, 0.2) is 0 Å². The molecule has 0 fully saturated rings. The quantitative estimate of drug-likeness (QED) is 0.517. The van der Waals surface area contributed by atoms with Gasteiger partial charge in [0.05, 0.1) is 21.9 Å². The number of rotatable bonds is 7. The van der Waals surface area contributed by atoms with Crippen LogP contribution in [0.5, 0.6) is 0 Å². The molecule has 1 aromatic carbocycles. The predicted molar refractivity (Wildman–Crippen MR) is 120 cm³/mol. The van der Waals surface area contributed by atoms with Crippen molar-refractivity contribution in [2.24, 2.45) is 7.05 Å². The van der Waals surface area contributed by atoms with Crippen LogP contribution >= 0.6 is 11.6 Å². The summed E-state index contributed by atoms with van der Waals surface area (Å²) in [6.07, 6.45) is 4.72. The van der Waals surface area contributed by atoms with Crippen molar-refractivity contribution in [1.29, 1.82) is 0 Å². The van der Waals surface area contributed by atoms with Gasteiger partial charge in [-0.05, 0) is 56.0 Å². The van der Waals surface area contributed by atoms with E-state index in [1.165, 1.54) is 0 Å². The molecule has 0 saturated heterocycles. The van der Waals surface area contributed by atoms with Crippen molar-refractivity contribution < 1.29 is 13.7 Å². The number of hydrogen-bond acceptors (Lipinski definition) is 4. The van der Waals surface area contributed by atoms with Crippen LogP contribution in [0.2, 0.25) is 5.02 Å². The van der Waals surface area contributed by atoms with Gasteiger partial charge in [0, 0.05) is 44.1 Å². The summed E-state index contributed by atoms with van der Waals surface area (Å²) in [5.41, 5.74) is 3.10. The molecule has 0 radical (unpaired) electrons. The molecule has 1 N–H and O–H groups in total. The normalized spacial score (nSPS) is 13.2. The minimum absolute atomic E-state index is 0.347. The maximum absolute atomic E-state index is 12.7. The number of methoxy groups -OCH3 is 1. The summed E-state index contributed by atoms with van der Waals surface area (Å²) in [7, 11) is 3.78. The summed E-state index contributed by atoms with van der Waals surface area (Å²) < 4.78 is 21.3. The molecule has 2 atom stereocenters. The highest BCUT2D eigenvalue weighted by atomic mass is 35.5. The highest BCUT2D eigenvalue weighted by Crippen LogP contribution is 2.34. The Morgan fingerprint density at radius 2 is 2.03 bits per heavy atom. The van der Waals surface area contributed by atoms with Crippen molar-refractivity contribution in [3.8, 4) is 11.1 Å². The van der Waals surface area contributed by atoms with Gasteiger partial charge in [-0.2, -0.15) is 5.10 Å². The van der Waals surface area contributed by atoms with Gasteiger partial charge in [-0.15, -0.1) is 0 Å². The molecule has 8 heteroatoms. The number of ether oxygens (including phenoxy) is 1. The Morgan fingerprint density at radius 3 is 2.52 bits per heavy atom. The smallest absolute Gasteiger partial charge is 0.145 e. The fourth-order valence-corrected chi connectivity index (χ4v) is 3.47. The van der Waals surface area contributed by atoms with Gasteiger partial charge in [-0.3, -0.25) is 9.48 Å². The molecule has 1 heterocycles. The molecular weight excluding hydrogens is 410 g/mol. The Hall–Kier alpha value is -1.80. The number of aromatic nitrogens is 2. The van der Waals surface area contributed by atoms with E-state index in [0.717, 1.165) is 23.0 Å². The van der Waals surface area contributed by atoms with Gasteiger partial charge in [0.25, 0.3) is 0 Å². The van der Waals surface area contributed by atoms with Crippen molar-refractivity contribution >= 4 is 28.9 Å². The molecule has 0 saturated carbocycles. The van der Waals surface area contributed by atoms with Gasteiger partial charge >= 0.3 is 0 Å². The van der Waals surface area contributed by atoms with Crippen molar-refractivity contribution in [2.45, 2.75) is 38.0 Å². The second kappa shape index (κ2) is 11.4. The maximum atomic E-state index is 12.7. The van der Waals surface area contributed by atoms with Crippen LogP contribution in [0.3, 0.4) is 0 Å².